The Bertz CT molecular complexity index is 1150. The fraction of sp³-hybridized carbons (Fsp3) is 0.370. The SMILES string of the molecule is CC(Sc1ncc(-c2ccccc2)n1-c1ccccc1C(C)C)C(=O)N1CCC(C(N)=O)CC1. The van der Waals surface area contributed by atoms with Crippen LogP contribution in [0.3, 0.4) is 0 Å². The molecule has 1 saturated heterocycles. The Morgan fingerprint density at radius 1 is 1.00 bits per heavy atom. The summed E-state index contributed by atoms with van der Waals surface area (Å²) in [5.41, 5.74) is 9.83. The van der Waals surface area contributed by atoms with Crippen molar-refractivity contribution in [1.82, 2.24) is 14.5 Å². The van der Waals surface area contributed by atoms with Crippen molar-refractivity contribution in [2.45, 2.75) is 49.9 Å². The molecule has 0 saturated carbocycles. The first-order valence-electron chi connectivity index (χ1n) is 11.8. The summed E-state index contributed by atoms with van der Waals surface area (Å²) in [6.45, 7) is 7.44. The summed E-state index contributed by atoms with van der Waals surface area (Å²) in [5.74, 6) is 0.00670. The molecule has 6 nitrogen and oxygen atoms in total. The van der Waals surface area contributed by atoms with E-state index in [0.29, 0.717) is 31.8 Å². The number of piperidine rings is 1. The summed E-state index contributed by atoms with van der Waals surface area (Å²) in [5, 5.41) is 0.487. The minimum atomic E-state index is -0.305. The van der Waals surface area contributed by atoms with Crippen LogP contribution in [0.25, 0.3) is 16.9 Å². The largest absolute Gasteiger partial charge is 0.369 e. The molecule has 1 fully saturated rings. The second-order valence-corrected chi connectivity index (χ2v) is 10.4. The van der Waals surface area contributed by atoms with E-state index < -0.39 is 0 Å². The van der Waals surface area contributed by atoms with Gasteiger partial charge in [0, 0.05) is 24.6 Å². The van der Waals surface area contributed by atoms with E-state index in [2.05, 4.69) is 48.7 Å². The maximum absolute atomic E-state index is 13.2. The average Bonchev–Trinajstić information content (AvgIpc) is 3.27. The molecule has 2 heterocycles. The minimum absolute atomic E-state index is 0.0703. The number of nitrogens with two attached hydrogens (primary N) is 1. The summed E-state index contributed by atoms with van der Waals surface area (Å²) in [4.78, 5) is 31.3. The van der Waals surface area contributed by atoms with Gasteiger partial charge in [0.15, 0.2) is 5.16 Å². The van der Waals surface area contributed by atoms with Gasteiger partial charge in [0.2, 0.25) is 11.8 Å². The van der Waals surface area contributed by atoms with Gasteiger partial charge in [-0.3, -0.25) is 14.2 Å². The monoisotopic (exact) mass is 476 g/mol. The van der Waals surface area contributed by atoms with Crippen LogP contribution in [0.1, 0.15) is 45.1 Å². The molecule has 178 valence electrons. The van der Waals surface area contributed by atoms with Gasteiger partial charge in [-0.15, -0.1) is 0 Å². The molecular formula is C27H32N4O2S. The maximum atomic E-state index is 13.2. The number of hydrogen-bond donors (Lipinski definition) is 1. The van der Waals surface area contributed by atoms with E-state index in [0.717, 1.165) is 22.1 Å². The van der Waals surface area contributed by atoms with Crippen LogP contribution in [-0.2, 0) is 9.59 Å². The van der Waals surface area contributed by atoms with Gasteiger partial charge >= 0.3 is 0 Å². The van der Waals surface area contributed by atoms with Crippen LogP contribution in [0.2, 0.25) is 0 Å². The minimum Gasteiger partial charge on any atom is -0.369 e. The molecule has 2 N–H and O–H groups in total. The number of carbonyl (C=O) groups is 2. The summed E-state index contributed by atoms with van der Waals surface area (Å²) < 4.78 is 2.18. The molecule has 34 heavy (non-hydrogen) atoms. The zero-order valence-corrected chi connectivity index (χ0v) is 20.8. The van der Waals surface area contributed by atoms with Crippen molar-refractivity contribution in [3.05, 3.63) is 66.4 Å². The Balaban J connectivity index is 1.65. The van der Waals surface area contributed by atoms with Crippen LogP contribution in [0.15, 0.2) is 66.0 Å². The molecule has 1 unspecified atom stereocenters. The van der Waals surface area contributed by atoms with Crippen LogP contribution in [-0.4, -0.2) is 44.6 Å². The third kappa shape index (κ3) is 5.04. The molecular weight excluding hydrogens is 444 g/mol. The molecule has 1 aliphatic heterocycles. The standard InChI is InChI=1S/C27H32N4O2S/c1-18(2)22-11-7-8-12-23(22)31-24(20-9-5-4-6-10-20)17-29-27(31)34-19(3)26(33)30-15-13-21(14-16-30)25(28)32/h4-12,17-19,21H,13-16H2,1-3H3,(H2,28,32). The molecule has 2 amide bonds. The average molecular weight is 477 g/mol. The van der Waals surface area contributed by atoms with Gasteiger partial charge in [-0.2, -0.15) is 0 Å². The van der Waals surface area contributed by atoms with Gasteiger partial charge in [-0.1, -0.05) is 74.1 Å². The first-order valence-corrected chi connectivity index (χ1v) is 12.7. The molecule has 0 radical (unpaired) electrons. The predicted octanol–water partition coefficient (Wildman–Crippen LogP) is 4.87. The molecule has 0 spiro atoms. The Morgan fingerprint density at radius 2 is 1.65 bits per heavy atom. The van der Waals surface area contributed by atoms with E-state index >= 15 is 0 Å². The van der Waals surface area contributed by atoms with Gasteiger partial charge in [-0.25, -0.2) is 4.98 Å². The number of rotatable bonds is 7. The summed E-state index contributed by atoms with van der Waals surface area (Å²) in [6.07, 6.45) is 3.16. The third-order valence-electron chi connectivity index (χ3n) is 6.44. The highest BCUT2D eigenvalue weighted by atomic mass is 32.2. The molecule has 4 rings (SSSR count). The van der Waals surface area contributed by atoms with Gasteiger partial charge in [-0.05, 0) is 37.3 Å². The van der Waals surface area contributed by atoms with Crippen molar-refractivity contribution >= 4 is 23.6 Å². The number of primary amides is 1. The number of amides is 2. The molecule has 7 heteroatoms. The van der Waals surface area contributed by atoms with E-state index in [4.69, 9.17) is 10.7 Å². The number of benzene rings is 2. The van der Waals surface area contributed by atoms with Crippen molar-refractivity contribution in [2.24, 2.45) is 11.7 Å². The van der Waals surface area contributed by atoms with Gasteiger partial charge in [0.05, 0.1) is 22.8 Å². The van der Waals surface area contributed by atoms with Crippen LogP contribution in [0.5, 0.6) is 0 Å². The van der Waals surface area contributed by atoms with Gasteiger partial charge < -0.3 is 10.6 Å². The van der Waals surface area contributed by atoms with Crippen LogP contribution >= 0.6 is 11.8 Å². The topological polar surface area (TPSA) is 81.2 Å². The van der Waals surface area contributed by atoms with Crippen molar-refractivity contribution in [3.8, 4) is 16.9 Å². The lowest BCUT2D eigenvalue weighted by atomic mass is 9.96. The highest BCUT2D eigenvalue weighted by Gasteiger charge is 2.30. The van der Waals surface area contributed by atoms with Crippen molar-refractivity contribution in [1.29, 1.82) is 0 Å². The first-order chi connectivity index (χ1) is 16.4. The van der Waals surface area contributed by atoms with Crippen LogP contribution in [0.4, 0.5) is 0 Å². The molecule has 3 aromatic rings. The van der Waals surface area contributed by atoms with Crippen LogP contribution < -0.4 is 5.73 Å². The Hall–Kier alpha value is -3.06. The second kappa shape index (κ2) is 10.5. The smallest absolute Gasteiger partial charge is 0.235 e. The summed E-state index contributed by atoms with van der Waals surface area (Å²) in [7, 11) is 0. The normalized spacial score (nSPS) is 15.5. The number of nitrogens with zero attached hydrogens (tertiary/aromatic N) is 3. The number of thioether (sulfide) groups is 1. The number of para-hydroxylation sites is 1. The van der Waals surface area contributed by atoms with Crippen LogP contribution in [0, 0.1) is 5.92 Å². The number of likely N-dealkylation sites (tertiary alicyclic amines) is 1. The molecule has 1 aromatic heterocycles. The first kappa shape index (κ1) is 24.1. The Labute approximate surface area is 205 Å². The van der Waals surface area contributed by atoms with E-state index in [1.165, 1.54) is 17.3 Å². The zero-order valence-electron chi connectivity index (χ0n) is 20.0. The van der Waals surface area contributed by atoms with Crippen molar-refractivity contribution < 1.29 is 9.59 Å². The predicted molar refractivity (Wildman–Crippen MR) is 137 cm³/mol. The lowest BCUT2D eigenvalue weighted by Gasteiger charge is -2.32. The fourth-order valence-electron chi connectivity index (χ4n) is 4.49. The molecule has 1 aliphatic rings. The van der Waals surface area contributed by atoms with Crippen molar-refractivity contribution in [2.75, 3.05) is 13.1 Å². The molecule has 1 atom stereocenters. The number of aromatic nitrogens is 2. The molecule has 0 aliphatic carbocycles. The zero-order chi connectivity index (χ0) is 24.2. The fourth-order valence-corrected chi connectivity index (χ4v) is 5.47. The highest BCUT2D eigenvalue weighted by molar-refractivity contribution is 8.00. The molecule has 0 bridgehead atoms. The maximum Gasteiger partial charge on any atom is 0.235 e. The van der Waals surface area contributed by atoms with E-state index in [9.17, 15) is 9.59 Å². The van der Waals surface area contributed by atoms with E-state index in [1.54, 1.807) is 0 Å². The van der Waals surface area contributed by atoms with E-state index in [1.807, 2.05) is 42.3 Å². The summed E-state index contributed by atoms with van der Waals surface area (Å²) in [6, 6.07) is 18.6. The van der Waals surface area contributed by atoms with Crippen molar-refractivity contribution in [3.63, 3.8) is 0 Å². The lowest BCUT2D eigenvalue weighted by molar-refractivity contribution is -0.134. The quantitative estimate of drug-likeness (QED) is 0.494. The lowest BCUT2D eigenvalue weighted by Crippen LogP contribution is -2.44. The van der Waals surface area contributed by atoms with E-state index in [-0.39, 0.29) is 23.0 Å². The highest BCUT2D eigenvalue weighted by Crippen LogP contribution is 2.35. The Morgan fingerprint density at radius 3 is 2.29 bits per heavy atom. The molecule has 2 aromatic carbocycles. The summed E-state index contributed by atoms with van der Waals surface area (Å²) >= 11 is 1.48. The number of hydrogen-bond acceptors (Lipinski definition) is 4. The van der Waals surface area contributed by atoms with Gasteiger partial charge in [0.25, 0.3) is 0 Å². The van der Waals surface area contributed by atoms with Gasteiger partial charge in [0.1, 0.15) is 0 Å². The number of imidazole rings is 1. The Kier molecular flexibility index (Phi) is 7.41. The third-order valence-corrected chi connectivity index (χ3v) is 7.49. The number of carbonyl (C=O) groups excluding carboxylic acids is 2. The second-order valence-electron chi connectivity index (χ2n) is 9.10.